The fourth-order valence-corrected chi connectivity index (χ4v) is 2.24. The van der Waals surface area contributed by atoms with Crippen LogP contribution in [0.3, 0.4) is 0 Å². The summed E-state index contributed by atoms with van der Waals surface area (Å²) in [6, 6.07) is -0.189. The van der Waals surface area contributed by atoms with Crippen LogP contribution in [0.15, 0.2) is 0 Å². The number of hydrogen-bond acceptors (Lipinski definition) is 4. The van der Waals surface area contributed by atoms with Gasteiger partial charge in [0.1, 0.15) is 5.69 Å². The number of nitrogens with one attached hydrogen (secondary N) is 1. The number of benzene rings is 1. The molecule has 0 aliphatic rings. The Bertz CT molecular complexity index is 471. The average Bonchev–Trinajstić information content (AvgIpc) is 2.42. The van der Waals surface area contributed by atoms with E-state index in [9.17, 15) is 31.5 Å². The van der Waals surface area contributed by atoms with Crippen molar-refractivity contribution in [1.29, 1.82) is 0 Å². The molecule has 4 nitrogen and oxygen atoms in total. The Kier molecular flexibility index (Phi) is 5.45. The maximum atomic E-state index is 13.2. The van der Waals surface area contributed by atoms with E-state index in [1.165, 1.54) is 0 Å². The summed E-state index contributed by atoms with van der Waals surface area (Å²) in [6.45, 7) is -0.225. The molecule has 0 aliphatic heterocycles. The summed E-state index contributed by atoms with van der Waals surface area (Å²) in [7, 11) is -2.72. The van der Waals surface area contributed by atoms with Crippen molar-refractivity contribution in [3.63, 3.8) is 0 Å². The molecular formula is C10H12F5NO3Si. The molecule has 0 atom stereocenters. The van der Waals surface area contributed by atoms with Gasteiger partial charge in [0.05, 0.1) is 0 Å². The standard InChI is InChI=1S/C10H12F5NO3Si/c1-19-20(17,18)4-2-3-16-10-8(14)6(12)5(11)7(13)9(10)15/h16-18H,2-4H2,1H3. The Hall–Kier alpha value is -1.23. The molecule has 1 aromatic rings. The van der Waals surface area contributed by atoms with Crippen LogP contribution in [-0.4, -0.2) is 32.1 Å². The first-order valence-electron chi connectivity index (χ1n) is 5.46. The Labute approximate surface area is 112 Å². The van der Waals surface area contributed by atoms with Gasteiger partial charge in [-0.2, -0.15) is 0 Å². The quantitative estimate of drug-likeness (QED) is 0.246. The minimum Gasteiger partial charge on any atom is -0.390 e. The molecule has 3 N–H and O–H groups in total. The summed E-state index contributed by atoms with van der Waals surface area (Å²) in [4.78, 5) is 18.4. The topological polar surface area (TPSA) is 61.7 Å². The lowest BCUT2D eigenvalue weighted by atomic mass is 10.2. The van der Waals surface area contributed by atoms with E-state index in [1.54, 1.807) is 0 Å². The summed E-state index contributed by atoms with van der Waals surface area (Å²) >= 11 is 0. The highest BCUT2D eigenvalue weighted by atomic mass is 28.4. The van der Waals surface area contributed by atoms with Gasteiger partial charge in [-0.15, -0.1) is 0 Å². The molecule has 0 amide bonds. The molecule has 0 spiro atoms. The molecule has 0 bridgehead atoms. The van der Waals surface area contributed by atoms with Crippen LogP contribution in [0.25, 0.3) is 0 Å². The Morgan fingerprint density at radius 3 is 1.85 bits per heavy atom. The lowest BCUT2D eigenvalue weighted by Crippen LogP contribution is -2.37. The molecule has 0 fully saturated rings. The molecule has 0 aromatic heterocycles. The number of anilines is 1. The van der Waals surface area contributed by atoms with Crippen molar-refractivity contribution in [3.8, 4) is 0 Å². The van der Waals surface area contributed by atoms with E-state index in [0.717, 1.165) is 7.11 Å². The minimum absolute atomic E-state index is 0.00650. The normalized spacial score (nSPS) is 11.8. The van der Waals surface area contributed by atoms with Gasteiger partial charge >= 0.3 is 8.80 Å². The molecule has 0 heterocycles. The zero-order chi connectivity index (χ0) is 15.5. The van der Waals surface area contributed by atoms with Gasteiger partial charge in [0.25, 0.3) is 0 Å². The van der Waals surface area contributed by atoms with Crippen LogP contribution >= 0.6 is 0 Å². The lowest BCUT2D eigenvalue weighted by Gasteiger charge is -2.15. The van der Waals surface area contributed by atoms with Crippen molar-refractivity contribution in [2.45, 2.75) is 12.5 Å². The highest BCUT2D eigenvalue weighted by molar-refractivity contribution is 6.57. The van der Waals surface area contributed by atoms with E-state index in [-0.39, 0.29) is 19.0 Å². The molecule has 0 radical (unpaired) electrons. The molecule has 0 unspecified atom stereocenters. The summed E-state index contributed by atoms with van der Waals surface area (Å²) in [6.07, 6.45) is 0.00650. The van der Waals surface area contributed by atoms with Crippen LogP contribution < -0.4 is 5.32 Å². The van der Waals surface area contributed by atoms with Crippen molar-refractivity contribution in [2.75, 3.05) is 19.0 Å². The van der Waals surface area contributed by atoms with E-state index in [4.69, 9.17) is 0 Å². The van der Waals surface area contributed by atoms with Crippen LogP contribution in [0.5, 0.6) is 0 Å². The van der Waals surface area contributed by atoms with Gasteiger partial charge in [0.15, 0.2) is 23.3 Å². The van der Waals surface area contributed by atoms with Crippen LogP contribution in [-0.2, 0) is 4.43 Å². The smallest absolute Gasteiger partial charge is 0.390 e. The number of hydrogen-bond donors (Lipinski definition) is 3. The first-order valence-corrected chi connectivity index (χ1v) is 7.47. The van der Waals surface area contributed by atoms with Gasteiger partial charge in [-0.05, 0) is 6.42 Å². The van der Waals surface area contributed by atoms with Crippen molar-refractivity contribution < 1.29 is 36.0 Å². The highest BCUT2D eigenvalue weighted by Crippen LogP contribution is 2.27. The van der Waals surface area contributed by atoms with Crippen molar-refractivity contribution in [3.05, 3.63) is 29.1 Å². The molecule has 0 saturated carbocycles. The first-order chi connectivity index (χ1) is 9.21. The molecule has 0 aliphatic carbocycles. The van der Waals surface area contributed by atoms with Gasteiger partial charge in [0.2, 0.25) is 5.82 Å². The van der Waals surface area contributed by atoms with E-state index in [1.807, 2.05) is 5.32 Å². The molecule has 1 aromatic carbocycles. The van der Waals surface area contributed by atoms with Gasteiger partial charge in [-0.25, -0.2) is 22.0 Å². The summed E-state index contributed by atoms with van der Waals surface area (Å²) in [5.41, 5.74) is -1.15. The van der Waals surface area contributed by atoms with Crippen LogP contribution in [0, 0.1) is 29.1 Å². The van der Waals surface area contributed by atoms with E-state index >= 15 is 0 Å². The molecular weight excluding hydrogens is 305 g/mol. The first kappa shape index (κ1) is 16.8. The van der Waals surface area contributed by atoms with Crippen LogP contribution in [0.1, 0.15) is 6.42 Å². The van der Waals surface area contributed by atoms with Gasteiger partial charge in [-0.1, -0.05) is 0 Å². The molecule has 114 valence electrons. The van der Waals surface area contributed by atoms with Gasteiger partial charge in [-0.3, -0.25) is 0 Å². The molecule has 1 rings (SSSR count). The van der Waals surface area contributed by atoms with E-state index < -0.39 is 43.6 Å². The maximum Gasteiger partial charge on any atom is 0.495 e. The largest absolute Gasteiger partial charge is 0.495 e. The zero-order valence-corrected chi connectivity index (χ0v) is 11.3. The predicted molar refractivity (Wildman–Crippen MR) is 61.3 cm³/mol. The second-order valence-corrected chi connectivity index (χ2v) is 6.32. The lowest BCUT2D eigenvalue weighted by molar-refractivity contribution is 0.184. The monoisotopic (exact) mass is 317 g/mol. The molecule has 0 saturated heterocycles. The fourth-order valence-electron chi connectivity index (χ4n) is 1.39. The maximum absolute atomic E-state index is 13.2. The van der Waals surface area contributed by atoms with Crippen molar-refractivity contribution >= 4 is 14.5 Å². The second-order valence-electron chi connectivity index (χ2n) is 3.92. The number of rotatable bonds is 6. The zero-order valence-electron chi connectivity index (χ0n) is 10.3. The third-order valence-corrected chi connectivity index (χ3v) is 4.18. The summed E-state index contributed by atoms with van der Waals surface area (Å²) in [5.74, 6) is -10.3. The Morgan fingerprint density at radius 2 is 1.40 bits per heavy atom. The Balaban J connectivity index is 2.75. The summed E-state index contributed by atoms with van der Waals surface area (Å²) in [5, 5.41) is 2.03. The third-order valence-electron chi connectivity index (χ3n) is 2.52. The highest BCUT2D eigenvalue weighted by Gasteiger charge is 2.30. The van der Waals surface area contributed by atoms with Gasteiger partial charge < -0.3 is 19.3 Å². The fraction of sp³-hybridized carbons (Fsp3) is 0.400. The van der Waals surface area contributed by atoms with Crippen molar-refractivity contribution in [2.24, 2.45) is 0 Å². The minimum atomic E-state index is -3.81. The van der Waals surface area contributed by atoms with E-state index in [0.29, 0.717) is 0 Å². The Morgan fingerprint density at radius 1 is 0.950 bits per heavy atom. The second kappa shape index (κ2) is 6.48. The van der Waals surface area contributed by atoms with Crippen molar-refractivity contribution in [1.82, 2.24) is 0 Å². The summed E-state index contributed by atoms with van der Waals surface area (Å²) < 4.78 is 69.3. The number of halogens is 5. The SMILES string of the molecule is CO[Si](O)(O)CCCNc1c(F)c(F)c(F)c(F)c1F. The average molecular weight is 317 g/mol. The third kappa shape index (κ3) is 3.66. The predicted octanol–water partition coefficient (Wildman–Crippen LogP) is 1.75. The molecule has 20 heavy (non-hydrogen) atoms. The van der Waals surface area contributed by atoms with Gasteiger partial charge in [0, 0.05) is 19.7 Å². The van der Waals surface area contributed by atoms with Crippen LogP contribution in [0.4, 0.5) is 27.6 Å². The van der Waals surface area contributed by atoms with Crippen LogP contribution in [0.2, 0.25) is 6.04 Å². The molecule has 10 heteroatoms. The van der Waals surface area contributed by atoms with E-state index in [2.05, 4.69) is 4.43 Å².